The van der Waals surface area contributed by atoms with Gasteiger partial charge in [0.05, 0.1) is 18.9 Å². The average molecular weight is 356 g/mol. The van der Waals surface area contributed by atoms with E-state index in [2.05, 4.69) is 20.9 Å². The van der Waals surface area contributed by atoms with E-state index in [0.717, 1.165) is 4.47 Å². The van der Waals surface area contributed by atoms with Crippen LogP contribution in [0.15, 0.2) is 33.7 Å². The van der Waals surface area contributed by atoms with Crippen LogP contribution in [0.2, 0.25) is 0 Å². The van der Waals surface area contributed by atoms with Crippen LogP contribution in [0.5, 0.6) is 0 Å². The number of halogens is 1. The second-order valence-electron chi connectivity index (χ2n) is 4.17. The summed E-state index contributed by atoms with van der Waals surface area (Å²) in [6, 6.07) is 7.25. The summed E-state index contributed by atoms with van der Waals surface area (Å²) in [6.07, 6.45) is 0. The van der Waals surface area contributed by atoms with Crippen molar-refractivity contribution in [2.75, 3.05) is 13.2 Å². The highest BCUT2D eigenvalue weighted by Gasteiger charge is 2.32. The van der Waals surface area contributed by atoms with Gasteiger partial charge in [-0.3, -0.25) is 14.6 Å². The van der Waals surface area contributed by atoms with Crippen molar-refractivity contribution in [3.8, 4) is 0 Å². The van der Waals surface area contributed by atoms with Gasteiger partial charge in [-0.05, 0) is 39.0 Å². The molecule has 0 spiro atoms. The molecule has 0 aliphatic carbocycles. The first-order valence-electron chi connectivity index (χ1n) is 6.63. The van der Waals surface area contributed by atoms with Gasteiger partial charge in [0.25, 0.3) is 0 Å². The molecule has 5 nitrogen and oxygen atoms in total. The first-order chi connectivity index (χ1) is 9.99. The third-order valence-corrected chi connectivity index (χ3v) is 3.07. The van der Waals surface area contributed by atoms with Crippen molar-refractivity contribution in [3.05, 3.63) is 28.7 Å². The zero-order valence-corrected chi connectivity index (χ0v) is 13.8. The normalized spacial score (nSPS) is 11.4. The molecule has 1 aromatic carbocycles. The van der Waals surface area contributed by atoms with Crippen molar-refractivity contribution in [2.24, 2.45) is 10.9 Å². The van der Waals surface area contributed by atoms with Gasteiger partial charge in [0, 0.05) is 10.2 Å². The van der Waals surface area contributed by atoms with Crippen molar-refractivity contribution in [2.45, 2.75) is 20.8 Å². The molecule has 0 fully saturated rings. The van der Waals surface area contributed by atoms with Gasteiger partial charge in [0.1, 0.15) is 0 Å². The Morgan fingerprint density at radius 1 is 1.19 bits per heavy atom. The highest BCUT2D eigenvalue weighted by molar-refractivity contribution is 9.10. The van der Waals surface area contributed by atoms with E-state index in [9.17, 15) is 9.59 Å². The molecule has 0 heterocycles. The Bertz CT molecular complexity index is 524. The Balaban J connectivity index is 3.06. The number of rotatable bonds is 6. The van der Waals surface area contributed by atoms with Crippen LogP contribution >= 0.6 is 15.9 Å². The van der Waals surface area contributed by atoms with Crippen LogP contribution < -0.4 is 0 Å². The van der Waals surface area contributed by atoms with Crippen LogP contribution in [0.1, 0.15) is 20.8 Å². The molecule has 0 amide bonds. The molecule has 0 unspecified atom stereocenters. The van der Waals surface area contributed by atoms with Crippen LogP contribution in [-0.2, 0) is 19.1 Å². The third-order valence-electron chi connectivity index (χ3n) is 2.58. The Hall–Kier alpha value is -1.69. The molecule has 21 heavy (non-hydrogen) atoms. The first kappa shape index (κ1) is 17.4. The predicted octanol–water partition coefficient (Wildman–Crippen LogP) is 3.28. The van der Waals surface area contributed by atoms with Gasteiger partial charge in [-0.1, -0.05) is 22.0 Å². The Labute approximate surface area is 132 Å². The predicted molar refractivity (Wildman–Crippen MR) is 83.7 cm³/mol. The van der Waals surface area contributed by atoms with Gasteiger partial charge < -0.3 is 9.47 Å². The summed E-state index contributed by atoms with van der Waals surface area (Å²) in [7, 11) is 0. The van der Waals surface area contributed by atoms with E-state index in [1.165, 1.54) is 0 Å². The maximum absolute atomic E-state index is 11.9. The molecular weight excluding hydrogens is 338 g/mol. The van der Waals surface area contributed by atoms with E-state index in [1.807, 2.05) is 12.1 Å². The van der Waals surface area contributed by atoms with Gasteiger partial charge in [-0.25, -0.2) is 0 Å². The van der Waals surface area contributed by atoms with Crippen LogP contribution in [0.3, 0.4) is 0 Å². The third kappa shape index (κ3) is 5.30. The number of hydrogen-bond acceptors (Lipinski definition) is 5. The summed E-state index contributed by atoms with van der Waals surface area (Å²) >= 11 is 3.34. The van der Waals surface area contributed by atoms with Gasteiger partial charge in [-0.15, -0.1) is 0 Å². The Morgan fingerprint density at radius 2 is 1.76 bits per heavy atom. The number of aliphatic imine (C=N–C) groups is 1. The number of carbonyl (C=O) groups is 2. The fourth-order valence-electron chi connectivity index (χ4n) is 1.70. The lowest BCUT2D eigenvalue weighted by atomic mass is 10.0. The summed E-state index contributed by atoms with van der Waals surface area (Å²) in [5.41, 5.74) is 0.977. The van der Waals surface area contributed by atoms with Gasteiger partial charge in [0.15, 0.2) is 5.92 Å². The lowest BCUT2D eigenvalue weighted by molar-refractivity contribution is -0.157. The maximum Gasteiger partial charge on any atom is 0.326 e. The number of benzene rings is 1. The van der Waals surface area contributed by atoms with Gasteiger partial charge in [0.2, 0.25) is 0 Å². The Morgan fingerprint density at radius 3 is 2.24 bits per heavy atom. The Kier molecular flexibility index (Phi) is 7.08. The number of ether oxygens (including phenoxy) is 2. The monoisotopic (exact) mass is 355 g/mol. The second-order valence-corrected chi connectivity index (χ2v) is 5.09. The standard InChI is InChI=1S/C15H18BrNO4/c1-4-20-14(18)13(15(19)21-5-2)10(3)17-12-8-6-7-11(16)9-12/h6-9,13H,4-5H2,1-3H3. The van der Waals surface area contributed by atoms with Crippen molar-refractivity contribution in [1.82, 2.24) is 0 Å². The summed E-state index contributed by atoms with van der Waals surface area (Å²) in [6.45, 7) is 5.36. The molecule has 0 radical (unpaired) electrons. The van der Waals surface area contributed by atoms with Crippen LogP contribution in [0.4, 0.5) is 5.69 Å². The summed E-state index contributed by atoms with van der Waals surface area (Å²) < 4.78 is 10.7. The number of esters is 2. The first-order valence-corrected chi connectivity index (χ1v) is 7.42. The highest BCUT2D eigenvalue weighted by atomic mass is 79.9. The van der Waals surface area contributed by atoms with E-state index < -0.39 is 17.9 Å². The molecule has 0 saturated carbocycles. The minimum absolute atomic E-state index is 0.193. The minimum Gasteiger partial charge on any atom is -0.465 e. The summed E-state index contributed by atoms with van der Waals surface area (Å²) in [5.74, 6) is -2.43. The SMILES string of the molecule is CCOC(=O)C(C(=O)OCC)C(C)=Nc1cccc(Br)c1. The van der Waals surface area contributed by atoms with E-state index in [-0.39, 0.29) is 13.2 Å². The van der Waals surface area contributed by atoms with E-state index >= 15 is 0 Å². The molecule has 0 atom stereocenters. The molecule has 0 saturated heterocycles. The molecule has 0 aliphatic heterocycles. The topological polar surface area (TPSA) is 65.0 Å². The maximum atomic E-state index is 11.9. The molecule has 1 aromatic rings. The molecule has 114 valence electrons. The van der Waals surface area contributed by atoms with Crippen LogP contribution in [-0.4, -0.2) is 30.9 Å². The lowest BCUT2D eigenvalue weighted by Gasteiger charge is -2.14. The van der Waals surface area contributed by atoms with E-state index in [4.69, 9.17) is 9.47 Å². The van der Waals surface area contributed by atoms with Crippen molar-refractivity contribution < 1.29 is 19.1 Å². The van der Waals surface area contributed by atoms with Gasteiger partial charge in [-0.2, -0.15) is 0 Å². The summed E-state index contributed by atoms with van der Waals surface area (Å²) in [5, 5.41) is 0. The zero-order chi connectivity index (χ0) is 15.8. The number of nitrogens with zero attached hydrogens (tertiary/aromatic N) is 1. The molecule has 0 N–H and O–H groups in total. The van der Waals surface area contributed by atoms with E-state index in [1.54, 1.807) is 32.9 Å². The average Bonchev–Trinajstić information content (AvgIpc) is 2.39. The zero-order valence-electron chi connectivity index (χ0n) is 12.3. The molecular formula is C15H18BrNO4. The quantitative estimate of drug-likeness (QED) is 0.446. The smallest absolute Gasteiger partial charge is 0.326 e. The highest BCUT2D eigenvalue weighted by Crippen LogP contribution is 2.20. The second kappa shape index (κ2) is 8.56. The summed E-state index contributed by atoms with van der Waals surface area (Å²) in [4.78, 5) is 28.2. The molecule has 1 rings (SSSR count). The number of hydrogen-bond donors (Lipinski definition) is 0. The fraction of sp³-hybridized carbons (Fsp3) is 0.400. The van der Waals surface area contributed by atoms with Crippen LogP contribution in [0.25, 0.3) is 0 Å². The minimum atomic E-state index is -1.14. The van der Waals surface area contributed by atoms with Crippen molar-refractivity contribution in [1.29, 1.82) is 0 Å². The lowest BCUT2D eigenvalue weighted by Crippen LogP contribution is -2.33. The van der Waals surface area contributed by atoms with Gasteiger partial charge >= 0.3 is 11.9 Å². The molecule has 6 heteroatoms. The van der Waals surface area contributed by atoms with Crippen LogP contribution in [0, 0.1) is 5.92 Å². The fourth-order valence-corrected chi connectivity index (χ4v) is 2.09. The number of carbonyl (C=O) groups excluding carboxylic acids is 2. The molecule has 0 bridgehead atoms. The van der Waals surface area contributed by atoms with Crippen molar-refractivity contribution in [3.63, 3.8) is 0 Å². The van der Waals surface area contributed by atoms with Crippen molar-refractivity contribution >= 4 is 39.3 Å². The largest absolute Gasteiger partial charge is 0.465 e. The molecule has 0 aliphatic rings. The molecule has 0 aromatic heterocycles. The van der Waals surface area contributed by atoms with E-state index in [0.29, 0.717) is 11.4 Å².